The van der Waals surface area contributed by atoms with E-state index in [0.717, 1.165) is 9.80 Å². The van der Waals surface area contributed by atoms with Crippen LogP contribution in [-0.4, -0.2) is 104 Å². The first-order valence-corrected chi connectivity index (χ1v) is 21.9. The molecule has 0 bridgehead atoms. The highest BCUT2D eigenvalue weighted by Gasteiger charge is 2.57. The minimum Gasteiger partial charge on any atom is -0.478 e. The molecular weight excluding hydrogens is 893 g/mol. The Bertz CT molecular complexity index is 2680. The molecule has 0 radical (unpaired) electrons. The third-order valence-corrected chi connectivity index (χ3v) is 12.5. The van der Waals surface area contributed by atoms with Gasteiger partial charge in [0, 0.05) is 36.8 Å². The van der Waals surface area contributed by atoms with Crippen LogP contribution >= 0.6 is 0 Å². The molecule has 356 valence electrons. The SMILES string of the molecule is CC(C)(C)OC(=O)c1ccccc1-c1ccc(C(=O)CN2C(=O)NC3(CCC(F)(F)CC3)C2=O)cc1.O=C(CN1C(=O)NC2(CCC(F)(F)CC2)C1=O)c1ccc(-c2ccccc2C(=O)O)cc1. The fourth-order valence-corrected chi connectivity index (χ4v) is 8.71. The number of halogens is 4. The standard InChI is InChI=1S/C27H28F2N2O5.C23H20F2N2O5/c1-25(2,3)36-22(33)20-7-5-4-6-19(20)17-8-10-18(11-9-17)21(32)16-31-23(34)26(30-24(31)35)12-14-27(28,29)15-13-26;24-23(25)11-9-22(10-12-23)20(31)27(21(32)26-22)13-18(28)15-7-5-14(6-8-15)16-3-1-2-4-17(16)19(29)30/h4-11H,12-16H2,1-3H3,(H,30,35);1-8H,9-13H2,(H,26,32)(H,29,30). The van der Waals surface area contributed by atoms with Crippen molar-refractivity contribution in [2.75, 3.05) is 13.1 Å². The fraction of sp³-hybridized carbons (Fsp3) is 0.360. The van der Waals surface area contributed by atoms with E-state index in [4.69, 9.17) is 4.74 Å². The molecular formula is C50H48F4N4O10. The predicted molar refractivity (Wildman–Crippen MR) is 237 cm³/mol. The lowest BCUT2D eigenvalue weighted by atomic mass is 9.80. The van der Waals surface area contributed by atoms with Crippen LogP contribution in [0.25, 0.3) is 22.3 Å². The Morgan fingerprint density at radius 3 is 1.28 bits per heavy atom. The van der Waals surface area contributed by atoms with Gasteiger partial charge in [-0.1, -0.05) is 84.9 Å². The van der Waals surface area contributed by atoms with Gasteiger partial charge >= 0.3 is 24.0 Å². The van der Waals surface area contributed by atoms with Crippen molar-refractivity contribution in [2.45, 2.75) is 101 Å². The maximum Gasteiger partial charge on any atom is 0.339 e. The molecule has 0 aromatic heterocycles. The number of alkyl halides is 4. The van der Waals surface area contributed by atoms with E-state index in [9.17, 15) is 61.0 Å². The first-order chi connectivity index (χ1) is 31.9. The quantitative estimate of drug-likeness (QED) is 0.0599. The summed E-state index contributed by atoms with van der Waals surface area (Å²) in [7, 11) is 0. The molecule has 4 aromatic carbocycles. The molecule has 2 heterocycles. The van der Waals surface area contributed by atoms with E-state index in [1.807, 2.05) is 0 Å². The number of carboxylic acids is 1. The molecule has 4 fully saturated rings. The van der Waals surface area contributed by atoms with Gasteiger partial charge in [0.05, 0.1) is 24.2 Å². The van der Waals surface area contributed by atoms with Gasteiger partial charge in [0.1, 0.15) is 16.7 Å². The number of carbonyl (C=O) groups excluding carboxylic acids is 7. The van der Waals surface area contributed by atoms with Crippen LogP contribution in [0.5, 0.6) is 0 Å². The number of esters is 1. The second-order valence-corrected chi connectivity index (χ2v) is 18.4. The number of nitrogens with one attached hydrogen (secondary N) is 2. The number of ketones is 2. The number of aromatic carboxylic acids is 1. The molecule has 8 rings (SSSR count). The molecule has 2 saturated carbocycles. The van der Waals surface area contributed by atoms with Gasteiger partial charge in [-0.15, -0.1) is 0 Å². The number of imide groups is 2. The summed E-state index contributed by atoms with van der Waals surface area (Å²) < 4.78 is 59.6. The smallest absolute Gasteiger partial charge is 0.339 e. The molecule has 4 aromatic rings. The Balaban J connectivity index is 0.000000203. The lowest BCUT2D eigenvalue weighted by molar-refractivity contribution is -0.136. The highest BCUT2D eigenvalue weighted by molar-refractivity contribution is 6.12. The first-order valence-electron chi connectivity index (χ1n) is 21.9. The first kappa shape index (κ1) is 48.7. The lowest BCUT2D eigenvalue weighted by Crippen LogP contribution is -2.51. The van der Waals surface area contributed by atoms with Crippen LogP contribution < -0.4 is 10.6 Å². The van der Waals surface area contributed by atoms with Gasteiger partial charge in [0.2, 0.25) is 11.8 Å². The number of hydrogen-bond acceptors (Lipinski definition) is 9. The van der Waals surface area contributed by atoms with Gasteiger partial charge in [0.25, 0.3) is 11.8 Å². The third-order valence-electron chi connectivity index (χ3n) is 12.5. The van der Waals surface area contributed by atoms with Gasteiger partial charge in [0.15, 0.2) is 11.6 Å². The molecule has 68 heavy (non-hydrogen) atoms. The zero-order chi connectivity index (χ0) is 49.4. The van der Waals surface area contributed by atoms with E-state index >= 15 is 0 Å². The van der Waals surface area contributed by atoms with Crippen molar-refractivity contribution >= 4 is 47.4 Å². The van der Waals surface area contributed by atoms with Crippen molar-refractivity contribution in [3.63, 3.8) is 0 Å². The van der Waals surface area contributed by atoms with Crippen LogP contribution in [0.2, 0.25) is 0 Å². The molecule has 4 aliphatic rings. The van der Waals surface area contributed by atoms with Gasteiger partial charge in [-0.25, -0.2) is 36.7 Å². The highest BCUT2D eigenvalue weighted by atomic mass is 19.3. The number of nitrogens with zero attached hydrogens (tertiary/aromatic N) is 2. The van der Waals surface area contributed by atoms with Gasteiger partial charge in [-0.3, -0.25) is 29.0 Å². The number of urea groups is 2. The molecule has 2 aliphatic carbocycles. The Labute approximate surface area is 388 Å². The zero-order valence-corrected chi connectivity index (χ0v) is 37.3. The van der Waals surface area contributed by atoms with E-state index in [2.05, 4.69) is 10.6 Å². The number of carboxylic acid groups (broad SMARTS) is 1. The Kier molecular flexibility index (Phi) is 13.2. The topological polar surface area (TPSA) is 197 Å². The van der Waals surface area contributed by atoms with Crippen molar-refractivity contribution in [3.05, 3.63) is 119 Å². The summed E-state index contributed by atoms with van der Waals surface area (Å²) in [4.78, 5) is 102. The number of rotatable bonds is 10. The number of hydrogen-bond donors (Lipinski definition) is 3. The van der Waals surface area contributed by atoms with Crippen molar-refractivity contribution < 1.29 is 65.8 Å². The van der Waals surface area contributed by atoms with Crippen LogP contribution in [0.15, 0.2) is 97.1 Å². The average Bonchev–Trinajstić information content (AvgIpc) is 3.67. The summed E-state index contributed by atoms with van der Waals surface area (Å²) in [5.41, 5.74) is 0.0166. The summed E-state index contributed by atoms with van der Waals surface area (Å²) in [6, 6.07) is 24.5. The largest absolute Gasteiger partial charge is 0.478 e. The molecule has 2 aliphatic heterocycles. The summed E-state index contributed by atoms with van der Waals surface area (Å²) in [6.45, 7) is 4.35. The predicted octanol–water partition coefficient (Wildman–Crippen LogP) is 8.73. The van der Waals surface area contributed by atoms with Gasteiger partial charge in [-0.2, -0.15) is 0 Å². The summed E-state index contributed by atoms with van der Waals surface area (Å²) in [6.07, 6.45) is -2.66. The second-order valence-electron chi connectivity index (χ2n) is 18.4. The molecule has 0 unspecified atom stereocenters. The molecule has 2 saturated heterocycles. The van der Waals surface area contributed by atoms with Crippen molar-refractivity contribution in [1.29, 1.82) is 0 Å². The monoisotopic (exact) mass is 940 g/mol. The number of ether oxygens (including phenoxy) is 1. The van der Waals surface area contributed by atoms with Gasteiger partial charge < -0.3 is 20.5 Å². The van der Waals surface area contributed by atoms with E-state index in [-0.39, 0.29) is 42.4 Å². The molecule has 18 heteroatoms. The van der Waals surface area contributed by atoms with E-state index in [0.29, 0.717) is 27.8 Å². The molecule has 3 N–H and O–H groups in total. The minimum absolute atomic E-state index is 0.120. The summed E-state index contributed by atoms with van der Waals surface area (Å²) in [5.74, 6) is -9.52. The van der Waals surface area contributed by atoms with E-state index in [1.165, 1.54) is 18.2 Å². The number of Topliss-reactive ketones (excluding diaryl/α,β-unsaturated/α-hetero) is 2. The van der Waals surface area contributed by atoms with Crippen LogP contribution in [-0.2, 0) is 14.3 Å². The summed E-state index contributed by atoms with van der Waals surface area (Å²) in [5, 5.41) is 14.4. The highest BCUT2D eigenvalue weighted by Crippen LogP contribution is 2.43. The van der Waals surface area contributed by atoms with Crippen molar-refractivity contribution in [2.24, 2.45) is 0 Å². The van der Waals surface area contributed by atoms with Crippen molar-refractivity contribution in [3.8, 4) is 22.3 Å². The normalized spacial score (nSPS) is 18.9. The Morgan fingerprint density at radius 2 is 0.912 bits per heavy atom. The maximum absolute atomic E-state index is 13.6. The average molecular weight is 941 g/mol. The number of benzene rings is 4. The van der Waals surface area contributed by atoms with E-state index < -0.39 is 115 Å². The summed E-state index contributed by atoms with van der Waals surface area (Å²) >= 11 is 0. The Hall–Kier alpha value is -7.24. The molecule has 2 spiro atoms. The van der Waals surface area contributed by atoms with Crippen LogP contribution in [0.3, 0.4) is 0 Å². The van der Waals surface area contributed by atoms with E-state index in [1.54, 1.807) is 99.6 Å². The molecule has 14 nitrogen and oxygen atoms in total. The number of amides is 6. The molecule has 6 amide bonds. The zero-order valence-electron chi connectivity index (χ0n) is 37.3. The van der Waals surface area contributed by atoms with Crippen molar-refractivity contribution in [1.82, 2.24) is 20.4 Å². The fourth-order valence-electron chi connectivity index (χ4n) is 8.71. The maximum atomic E-state index is 13.6. The van der Waals surface area contributed by atoms with Crippen LogP contribution in [0.1, 0.15) is 114 Å². The minimum atomic E-state index is -2.86. The second kappa shape index (κ2) is 18.4. The molecule has 0 atom stereocenters. The third kappa shape index (κ3) is 10.3. The van der Waals surface area contributed by atoms with Crippen LogP contribution in [0.4, 0.5) is 27.2 Å². The Morgan fingerprint density at radius 1 is 0.559 bits per heavy atom. The van der Waals surface area contributed by atoms with Gasteiger partial charge in [-0.05, 0) is 80.8 Å². The lowest BCUT2D eigenvalue weighted by Gasteiger charge is -2.34. The number of carbonyl (C=O) groups is 8. The van der Waals surface area contributed by atoms with Crippen LogP contribution in [0, 0.1) is 0 Å².